The summed E-state index contributed by atoms with van der Waals surface area (Å²) < 4.78 is 4.55. The Bertz CT molecular complexity index is 495. The lowest BCUT2D eigenvalue weighted by Gasteiger charge is -2.02. The van der Waals surface area contributed by atoms with E-state index in [9.17, 15) is 19.7 Å². The molecule has 18 heavy (non-hydrogen) atoms. The molecule has 0 bridgehead atoms. The van der Waals surface area contributed by atoms with Gasteiger partial charge in [0.1, 0.15) is 6.61 Å². The van der Waals surface area contributed by atoms with E-state index in [4.69, 9.17) is 0 Å². The Morgan fingerprint density at radius 1 is 1.39 bits per heavy atom. The monoisotopic (exact) mass is 249 g/mol. The van der Waals surface area contributed by atoms with E-state index in [2.05, 4.69) is 11.3 Å². The predicted octanol–water partition coefficient (Wildman–Crippen LogP) is 1.44. The first-order valence-corrected chi connectivity index (χ1v) is 5.09. The van der Waals surface area contributed by atoms with Crippen LogP contribution in [0, 0.1) is 10.1 Å². The van der Waals surface area contributed by atoms with Crippen molar-refractivity contribution in [1.29, 1.82) is 0 Å². The molecule has 0 fully saturated rings. The summed E-state index contributed by atoms with van der Waals surface area (Å²) in [7, 11) is 0. The third-order valence-electron chi connectivity index (χ3n) is 2.10. The standard InChI is InChI=1S/C12H11NO5/c1-2-7-18-12(15)11(14)8-9-5-3-4-6-10(9)13(16)17/h2-6H,1,7-8H2. The fourth-order valence-corrected chi connectivity index (χ4v) is 1.30. The molecule has 94 valence electrons. The number of nitrogens with zero attached hydrogens (tertiary/aromatic N) is 1. The van der Waals surface area contributed by atoms with Crippen LogP contribution in [-0.4, -0.2) is 23.3 Å². The van der Waals surface area contributed by atoms with Crippen LogP contribution >= 0.6 is 0 Å². The number of nitro benzene ring substituents is 1. The van der Waals surface area contributed by atoms with Crippen molar-refractivity contribution >= 4 is 17.4 Å². The summed E-state index contributed by atoms with van der Waals surface area (Å²) in [6.45, 7) is 3.27. The predicted molar refractivity (Wildman–Crippen MR) is 63.0 cm³/mol. The quantitative estimate of drug-likeness (QED) is 0.250. The van der Waals surface area contributed by atoms with Gasteiger partial charge >= 0.3 is 5.97 Å². The summed E-state index contributed by atoms with van der Waals surface area (Å²) in [6.07, 6.45) is 0.975. The summed E-state index contributed by atoms with van der Waals surface area (Å²) >= 11 is 0. The van der Waals surface area contributed by atoms with Crippen molar-refractivity contribution in [2.75, 3.05) is 6.61 Å². The van der Waals surface area contributed by atoms with Gasteiger partial charge in [-0.15, -0.1) is 0 Å². The summed E-state index contributed by atoms with van der Waals surface area (Å²) in [5.74, 6) is -1.85. The summed E-state index contributed by atoms with van der Waals surface area (Å²) in [4.78, 5) is 32.8. The third kappa shape index (κ3) is 3.51. The number of carbonyl (C=O) groups is 2. The highest BCUT2D eigenvalue weighted by Gasteiger charge is 2.20. The molecule has 0 N–H and O–H groups in total. The Morgan fingerprint density at radius 3 is 2.67 bits per heavy atom. The largest absolute Gasteiger partial charge is 0.456 e. The molecule has 1 aromatic rings. The van der Waals surface area contributed by atoms with E-state index in [1.165, 1.54) is 24.3 Å². The van der Waals surface area contributed by atoms with Gasteiger partial charge in [0.05, 0.1) is 4.92 Å². The first kappa shape index (κ1) is 13.6. The number of esters is 1. The smallest absolute Gasteiger partial charge is 0.375 e. The Kier molecular flexibility index (Phi) is 4.74. The molecular weight excluding hydrogens is 238 g/mol. The van der Waals surface area contributed by atoms with Crippen LogP contribution in [0.3, 0.4) is 0 Å². The van der Waals surface area contributed by atoms with Gasteiger partial charge in [-0.25, -0.2) is 4.79 Å². The van der Waals surface area contributed by atoms with E-state index >= 15 is 0 Å². The highest BCUT2D eigenvalue weighted by atomic mass is 16.6. The van der Waals surface area contributed by atoms with Crippen LogP contribution in [0.4, 0.5) is 5.69 Å². The minimum absolute atomic E-state index is 0.0680. The maximum atomic E-state index is 11.5. The number of ketones is 1. The van der Waals surface area contributed by atoms with Crippen molar-refractivity contribution in [3.05, 3.63) is 52.6 Å². The van der Waals surface area contributed by atoms with Crippen LogP contribution in [0.25, 0.3) is 0 Å². The van der Waals surface area contributed by atoms with E-state index in [1.54, 1.807) is 6.07 Å². The Balaban J connectivity index is 2.78. The summed E-state index contributed by atoms with van der Waals surface area (Å²) in [6, 6.07) is 5.75. The number of Topliss-reactive ketones (excluding diaryl/α,β-unsaturated/α-hetero) is 1. The van der Waals surface area contributed by atoms with Gasteiger partial charge in [-0.2, -0.15) is 0 Å². The van der Waals surface area contributed by atoms with E-state index in [0.29, 0.717) is 0 Å². The molecule has 0 heterocycles. The zero-order chi connectivity index (χ0) is 13.5. The minimum atomic E-state index is -1.02. The van der Waals surface area contributed by atoms with Gasteiger partial charge in [-0.05, 0) is 0 Å². The van der Waals surface area contributed by atoms with Gasteiger partial charge in [0, 0.05) is 18.1 Å². The number of hydrogen-bond acceptors (Lipinski definition) is 5. The molecule has 0 amide bonds. The molecule has 6 nitrogen and oxygen atoms in total. The van der Waals surface area contributed by atoms with Crippen molar-refractivity contribution in [2.45, 2.75) is 6.42 Å². The van der Waals surface area contributed by atoms with Crippen LogP contribution in [0.5, 0.6) is 0 Å². The van der Waals surface area contributed by atoms with E-state index < -0.39 is 16.7 Å². The Morgan fingerprint density at radius 2 is 2.06 bits per heavy atom. The van der Waals surface area contributed by atoms with E-state index in [-0.39, 0.29) is 24.3 Å². The lowest BCUT2D eigenvalue weighted by Crippen LogP contribution is -2.20. The van der Waals surface area contributed by atoms with Gasteiger partial charge in [-0.1, -0.05) is 30.9 Å². The lowest BCUT2D eigenvalue weighted by molar-refractivity contribution is -0.385. The van der Waals surface area contributed by atoms with Gasteiger partial charge in [0.15, 0.2) is 0 Å². The fourth-order valence-electron chi connectivity index (χ4n) is 1.30. The number of ether oxygens (including phenoxy) is 1. The zero-order valence-corrected chi connectivity index (χ0v) is 9.50. The Labute approximate surface area is 103 Å². The summed E-state index contributed by atoms with van der Waals surface area (Å²) in [5.41, 5.74) is -0.00887. The van der Waals surface area contributed by atoms with Gasteiger partial charge in [0.25, 0.3) is 5.69 Å². The van der Waals surface area contributed by atoms with Crippen LogP contribution in [-0.2, 0) is 20.7 Å². The van der Waals surface area contributed by atoms with Gasteiger partial charge in [0.2, 0.25) is 5.78 Å². The highest BCUT2D eigenvalue weighted by molar-refractivity contribution is 6.34. The number of rotatable bonds is 6. The first-order valence-electron chi connectivity index (χ1n) is 5.09. The molecular formula is C12H11NO5. The van der Waals surface area contributed by atoms with Crippen molar-refractivity contribution in [3.63, 3.8) is 0 Å². The minimum Gasteiger partial charge on any atom is -0.456 e. The van der Waals surface area contributed by atoms with Gasteiger partial charge in [-0.3, -0.25) is 14.9 Å². The molecule has 0 spiro atoms. The van der Waals surface area contributed by atoms with E-state index in [1.807, 2.05) is 0 Å². The van der Waals surface area contributed by atoms with Crippen molar-refractivity contribution in [3.8, 4) is 0 Å². The number of nitro groups is 1. The fraction of sp³-hybridized carbons (Fsp3) is 0.167. The van der Waals surface area contributed by atoms with Crippen molar-refractivity contribution in [2.24, 2.45) is 0 Å². The molecule has 0 saturated carbocycles. The SMILES string of the molecule is C=CCOC(=O)C(=O)Cc1ccccc1[N+](=O)[O-]. The third-order valence-corrected chi connectivity index (χ3v) is 2.10. The van der Waals surface area contributed by atoms with Crippen LogP contribution in [0.2, 0.25) is 0 Å². The lowest BCUT2D eigenvalue weighted by atomic mass is 10.1. The van der Waals surface area contributed by atoms with Crippen molar-refractivity contribution in [1.82, 2.24) is 0 Å². The second-order valence-electron chi connectivity index (χ2n) is 3.37. The molecule has 0 unspecified atom stereocenters. The maximum absolute atomic E-state index is 11.5. The van der Waals surface area contributed by atoms with Crippen LogP contribution < -0.4 is 0 Å². The number of benzene rings is 1. The highest BCUT2D eigenvalue weighted by Crippen LogP contribution is 2.18. The average Bonchev–Trinajstić information content (AvgIpc) is 2.36. The molecule has 1 aromatic carbocycles. The second kappa shape index (κ2) is 6.29. The van der Waals surface area contributed by atoms with E-state index in [0.717, 1.165) is 0 Å². The topological polar surface area (TPSA) is 86.5 Å². The molecule has 0 aliphatic rings. The Hall–Kier alpha value is -2.50. The van der Waals surface area contributed by atoms with Gasteiger partial charge < -0.3 is 4.74 Å². The number of hydrogen-bond donors (Lipinski definition) is 0. The molecule has 1 rings (SSSR count). The zero-order valence-electron chi connectivity index (χ0n) is 9.50. The van der Waals surface area contributed by atoms with Crippen LogP contribution in [0.15, 0.2) is 36.9 Å². The molecule has 0 aromatic heterocycles. The molecule has 0 saturated heterocycles. The molecule has 0 atom stereocenters. The second-order valence-corrected chi connectivity index (χ2v) is 3.37. The molecule has 0 aliphatic carbocycles. The number of para-hydroxylation sites is 1. The molecule has 6 heteroatoms. The number of carbonyl (C=O) groups excluding carboxylic acids is 2. The normalized spacial score (nSPS) is 9.56. The maximum Gasteiger partial charge on any atom is 0.375 e. The molecule has 0 radical (unpaired) electrons. The average molecular weight is 249 g/mol. The molecule has 0 aliphatic heterocycles. The van der Waals surface area contributed by atoms with Crippen LogP contribution in [0.1, 0.15) is 5.56 Å². The summed E-state index contributed by atoms with van der Waals surface area (Å²) in [5, 5.41) is 10.7. The van der Waals surface area contributed by atoms with Crippen molar-refractivity contribution < 1.29 is 19.2 Å². The first-order chi connectivity index (χ1) is 8.56.